The van der Waals surface area contributed by atoms with E-state index in [1.54, 1.807) is 18.4 Å². The molecule has 126 valence electrons. The van der Waals surface area contributed by atoms with E-state index in [1.165, 1.54) is 25.7 Å². The normalized spacial score (nSPS) is 14.6. The maximum absolute atomic E-state index is 10.0. The van der Waals surface area contributed by atoms with Crippen LogP contribution in [0.15, 0.2) is 27.8 Å². The van der Waals surface area contributed by atoms with Gasteiger partial charge in [0.05, 0.1) is 12.8 Å². The SMILES string of the molecule is CCCCCCC(C)NC(=NCC(O)c1ccco1)NCC. The molecule has 0 saturated heterocycles. The Bertz CT molecular complexity index is 404. The Labute approximate surface area is 134 Å². The van der Waals surface area contributed by atoms with Gasteiger partial charge in [0, 0.05) is 12.6 Å². The van der Waals surface area contributed by atoms with Crippen molar-refractivity contribution in [2.75, 3.05) is 13.1 Å². The van der Waals surface area contributed by atoms with Crippen molar-refractivity contribution >= 4 is 5.96 Å². The van der Waals surface area contributed by atoms with Crippen molar-refractivity contribution in [3.63, 3.8) is 0 Å². The Morgan fingerprint density at radius 3 is 2.77 bits per heavy atom. The fourth-order valence-corrected chi connectivity index (χ4v) is 2.25. The molecular weight excluding hydrogens is 278 g/mol. The first kappa shape index (κ1) is 18.6. The van der Waals surface area contributed by atoms with Gasteiger partial charge in [0.1, 0.15) is 11.9 Å². The molecule has 0 aliphatic carbocycles. The highest BCUT2D eigenvalue weighted by molar-refractivity contribution is 5.80. The van der Waals surface area contributed by atoms with E-state index in [9.17, 15) is 5.11 Å². The van der Waals surface area contributed by atoms with Gasteiger partial charge in [-0.1, -0.05) is 32.6 Å². The lowest BCUT2D eigenvalue weighted by molar-refractivity contribution is 0.158. The standard InChI is InChI=1S/C17H31N3O2/c1-4-6-7-8-10-14(3)20-17(18-5-2)19-13-15(21)16-11-9-12-22-16/h9,11-12,14-15,21H,4-8,10,13H2,1-3H3,(H2,18,19,20). The molecule has 1 aromatic heterocycles. The first-order chi connectivity index (χ1) is 10.7. The largest absolute Gasteiger partial charge is 0.467 e. The van der Waals surface area contributed by atoms with Crippen molar-refractivity contribution in [1.29, 1.82) is 0 Å². The maximum atomic E-state index is 10.0. The van der Waals surface area contributed by atoms with E-state index >= 15 is 0 Å². The highest BCUT2D eigenvalue weighted by Gasteiger charge is 2.11. The molecule has 5 heteroatoms. The zero-order valence-corrected chi connectivity index (χ0v) is 14.1. The van der Waals surface area contributed by atoms with Gasteiger partial charge in [0.25, 0.3) is 0 Å². The highest BCUT2D eigenvalue weighted by Crippen LogP contribution is 2.13. The average molecular weight is 309 g/mol. The highest BCUT2D eigenvalue weighted by atomic mass is 16.4. The number of rotatable bonds is 10. The predicted molar refractivity (Wildman–Crippen MR) is 91.0 cm³/mol. The number of hydrogen-bond donors (Lipinski definition) is 3. The van der Waals surface area contributed by atoms with Crippen LogP contribution in [0.5, 0.6) is 0 Å². The number of guanidine groups is 1. The molecule has 0 spiro atoms. The summed E-state index contributed by atoms with van der Waals surface area (Å²) in [5, 5.41) is 16.6. The molecule has 2 atom stereocenters. The fraction of sp³-hybridized carbons (Fsp3) is 0.706. The first-order valence-electron chi connectivity index (χ1n) is 8.43. The van der Waals surface area contributed by atoms with Crippen molar-refractivity contribution in [2.45, 2.75) is 65.0 Å². The van der Waals surface area contributed by atoms with Gasteiger partial charge in [0.2, 0.25) is 0 Å². The molecule has 3 N–H and O–H groups in total. The van der Waals surface area contributed by atoms with E-state index < -0.39 is 6.10 Å². The van der Waals surface area contributed by atoms with Crippen molar-refractivity contribution in [3.8, 4) is 0 Å². The molecule has 1 rings (SSSR count). The van der Waals surface area contributed by atoms with Crippen LogP contribution < -0.4 is 10.6 Å². The number of aliphatic hydroxyl groups excluding tert-OH is 1. The van der Waals surface area contributed by atoms with Crippen LogP contribution in [-0.4, -0.2) is 30.2 Å². The lowest BCUT2D eigenvalue weighted by Crippen LogP contribution is -2.42. The van der Waals surface area contributed by atoms with E-state index in [2.05, 4.69) is 29.5 Å². The van der Waals surface area contributed by atoms with Gasteiger partial charge in [-0.05, 0) is 32.4 Å². The Morgan fingerprint density at radius 1 is 1.32 bits per heavy atom. The van der Waals surface area contributed by atoms with E-state index in [4.69, 9.17) is 4.42 Å². The third-order valence-electron chi connectivity index (χ3n) is 3.51. The second-order valence-corrected chi connectivity index (χ2v) is 5.65. The molecule has 0 aliphatic heterocycles. The van der Waals surface area contributed by atoms with Gasteiger partial charge >= 0.3 is 0 Å². The first-order valence-corrected chi connectivity index (χ1v) is 8.43. The van der Waals surface area contributed by atoms with Crippen LogP contribution in [0.1, 0.15) is 64.7 Å². The van der Waals surface area contributed by atoms with Crippen LogP contribution >= 0.6 is 0 Å². The van der Waals surface area contributed by atoms with Gasteiger partial charge in [-0.3, -0.25) is 4.99 Å². The summed E-state index contributed by atoms with van der Waals surface area (Å²) in [6, 6.07) is 3.90. The molecule has 0 saturated carbocycles. The summed E-state index contributed by atoms with van der Waals surface area (Å²) in [5.41, 5.74) is 0. The third kappa shape index (κ3) is 7.50. The summed E-state index contributed by atoms with van der Waals surface area (Å²) in [7, 11) is 0. The summed E-state index contributed by atoms with van der Waals surface area (Å²) in [6.07, 6.45) is 7.07. The zero-order chi connectivity index (χ0) is 16.2. The summed E-state index contributed by atoms with van der Waals surface area (Å²) in [6.45, 7) is 7.51. The Balaban J connectivity index is 2.40. The van der Waals surface area contributed by atoms with E-state index in [0.29, 0.717) is 11.8 Å². The van der Waals surface area contributed by atoms with Gasteiger partial charge < -0.3 is 20.2 Å². The van der Waals surface area contributed by atoms with Crippen molar-refractivity contribution in [2.24, 2.45) is 4.99 Å². The number of hydrogen-bond acceptors (Lipinski definition) is 3. The van der Waals surface area contributed by atoms with Gasteiger partial charge in [0.15, 0.2) is 5.96 Å². The van der Waals surface area contributed by atoms with E-state index in [-0.39, 0.29) is 6.54 Å². The molecule has 1 heterocycles. The number of furan rings is 1. The van der Waals surface area contributed by atoms with Crippen molar-refractivity contribution in [1.82, 2.24) is 10.6 Å². The van der Waals surface area contributed by atoms with Crippen molar-refractivity contribution < 1.29 is 9.52 Å². The van der Waals surface area contributed by atoms with E-state index in [0.717, 1.165) is 18.9 Å². The van der Waals surface area contributed by atoms with E-state index in [1.807, 2.05) is 6.92 Å². The predicted octanol–water partition coefficient (Wildman–Crippen LogP) is 3.23. The summed E-state index contributed by atoms with van der Waals surface area (Å²) in [5.74, 6) is 1.29. The number of aliphatic hydroxyl groups is 1. The summed E-state index contributed by atoms with van der Waals surface area (Å²) < 4.78 is 5.18. The smallest absolute Gasteiger partial charge is 0.191 e. The van der Waals surface area contributed by atoms with Gasteiger partial charge in [-0.15, -0.1) is 0 Å². The summed E-state index contributed by atoms with van der Waals surface area (Å²) >= 11 is 0. The Morgan fingerprint density at radius 2 is 2.14 bits per heavy atom. The van der Waals surface area contributed by atoms with Crippen LogP contribution in [-0.2, 0) is 0 Å². The van der Waals surface area contributed by atoms with Gasteiger partial charge in [-0.25, -0.2) is 0 Å². The van der Waals surface area contributed by atoms with Crippen LogP contribution in [0.2, 0.25) is 0 Å². The number of unbranched alkanes of at least 4 members (excludes halogenated alkanes) is 3. The number of nitrogens with one attached hydrogen (secondary N) is 2. The molecule has 0 aromatic carbocycles. The molecule has 0 radical (unpaired) electrons. The average Bonchev–Trinajstić information content (AvgIpc) is 3.03. The summed E-state index contributed by atoms with van der Waals surface area (Å²) in [4.78, 5) is 4.44. The van der Waals surface area contributed by atoms with Gasteiger partial charge in [-0.2, -0.15) is 0 Å². The topological polar surface area (TPSA) is 69.8 Å². The minimum atomic E-state index is -0.703. The molecule has 0 bridgehead atoms. The molecule has 2 unspecified atom stereocenters. The monoisotopic (exact) mass is 309 g/mol. The van der Waals surface area contributed by atoms with Crippen molar-refractivity contribution in [3.05, 3.63) is 24.2 Å². The number of nitrogens with zero attached hydrogens (tertiary/aromatic N) is 1. The molecule has 0 fully saturated rings. The second kappa shape index (κ2) is 11.1. The second-order valence-electron chi connectivity index (χ2n) is 5.65. The molecule has 1 aromatic rings. The Kier molecular flexibility index (Phi) is 9.39. The molecule has 0 aliphatic rings. The van der Waals surface area contributed by atoms with Crippen LogP contribution in [0, 0.1) is 0 Å². The quantitative estimate of drug-likeness (QED) is 0.352. The third-order valence-corrected chi connectivity index (χ3v) is 3.51. The minimum absolute atomic E-state index is 0.283. The Hall–Kier alpha value is -1.49. The maximum Gasteiger partial charge on any atom is 0.191 e. The lowest BCUT2D eigenvalue weighted by Gasteiger charge is -2.18. The zero-order valence-electron chi connectivity index (χ0n) is 14.1. The minimum Gasteiger partial charge on any atom is -0.467 e. The van der Waals surface area contributed by atoms with Crippen LogP contribution in [0.25, 0.3) is 0 Å². The van der Waals surface area contributed by atoms with Crippen LogP contribution in [0.3, 0.4) is 0 Å². The lowest BCUT2D eigenvalue weighted by atomic mass is 10.1. The molecule has 0 amide bonds. The number of aliphatic imine (C=N–C) groups is 1. The molecular formula is C17H31N3O2. The van der Waals surface area contributed by atoms with Crippen LogP contribution in [0.4, 0.5) is 0 Å². The molecule has 5 nitrogen and oxygen atoms in total. The molecule has 22 heavy (non-hydrogen) atoms. The fourth-order valence-electron chi connectivity index (χ4n) is 2.25.